The number of ether oxygens (including phenoxy) is 1. The summed E-state index contributed by atoms with van der Waals surface area (Å²) in [6.45, 7) is 3.16. The molecular weight excluding hydrogens is 181 g/mol. The fourth-order valence-electron chi connectivity index (χ4n) is 1.16. The van der Waals surface area contributed by atoms with Crippen molar-refractivity contribution in [3.8, 4) is 5.75 Å². The summed E-state index contributed by atoms with van der Waals surface area (Å²) >= 11 is 0. The average molecular weight is 197 g/mol. The summed E-state index contributed by atoms with van der Waals surface area (Å²) < 4.78 is 18.7. The minimum atomic E-state index is -0.253. The molecule has 0 saturated heterocycles. The summed E-state index contributed by atoms with van der Waals surface area (Å²) in [5.41, 5.74) is 0.621. The van der Waals surface area contributed by atoms with Gasteiger partial charge in [-0.25, -0.2) is 4.39 Å². The number of rotatable bonds is 5. The first-order valence-electron chi connectivity index (χ1n) is 4.78. The van der Waals surface area contributed by atoms with Crippen LogP contribution in [0.25, 0.3) is 0 Å². The Labute approximate surface area is 84.1 Å². The molecule has 0 spiro atoms. The summed E-state index contributed by atoms with van der Waals surface area (Å²) in [5, 5.41) is 3.01. The molecule has 0 fully saturated rings. The van der Waals surface area contributed by atoms with Gasteiger partial charge < -0.3 is 10.1 Å². The Morgan fingerprint density at radius 1 is 1.43 bits per heavy atom. The monoisotopic (exact) mass is 197 g/mol. The van der Waals surface area contributed by atoms with Crippen LogP contribution in [0.2, 0.25) is 0 Å². The molecule has 0 saturated carbocycles. The van der Waals surface area contributed by atoms with Crippen LogP contribution in [0.1, 0.15) is 12.0 Å². The van der Waals surface area contributed by atoms with Crippen LogP contribution >= 0.6 is 0 Å². The van der Waals surface area contributed by atoms with Crippen molar-refractivity contribution >= 4 is 0 Å². The molecule has 1 aromatic carbocycles. The Bertz CT molecular complexity index is 289. The summed E-state index contributed by atoms with van der Waals surface area (Å²) in [6.07, 6.45) is 0.879. The van der Waals surface area contributed by atoms with E-state index in [1.54, 1.807) is 25.1 Å². The molecule has 1 aromatic rings. The van der Waals surface area contributed by atoms with Gasteiger partial charge in [-0.3, -0.25) is 0 Å². The van der Waals surface area contributed by atoms with Crippen molar-refractivity contribution in [3.63, 3.8) is 0 Å². The van der Waals surface area contributed by atoms with Gasteiger partial charge in [-0.2, -0.15) is 0 Å². The second-order valence-electron chi connectivity index (χ2n) is 3.19. The molecule has 0 aromatic heterocycles. The Morgan fingerprint density at radius 3 is 2.93 bits per heavy atom. The smallest absolute Gasteiger partial charge is 0.167 e. The molecule has 1 N–H and O–H groups in total. The summed E-state index contributed by atoms with van der Waals surface area (Å²) in [4.78, 5) is 0. The van der Waals surface area contributed by atoms with Gasteiger partial charge in [0.05, 0.1) is 6.61 Å². The van der Waals surface area contributed by atoms with Crippen molar-refractivity contribution in [1.29, 1.82) is 0 Å². The van der Waals surface area contributed by atoms with Crippen LogP contribution in [0.5, 0.6) is 5.75 Å². The van der Waals surface area contributed by atoms with Crippen molar-refractivity contribution in [2.75, 3.05) is 20.2 Å². The van der Waals surface area contributed by atoms with Gasteiger partial charge in [-0.05, 0) is 38.6 Å². The van der Waals surface area contributed by atoms with Crippen molar-refractivity contribution < 1.29 is 9.13 Å². The number of hydrogen-bond donors (Lipinski definition) is 1. The van der Waals surface area contributed by atoms with E-state index >= 15 is 0 Å². The lowest BCUT2D eigenvalue weighted by Crippen LogP contribution is -2.11. The van der Waals surface area contributed by atoms with Gasteiger partial charge in [0, 0.05) is 0 Å². The Kier molecular flexibility index (Phi) is 4.40. The SMILES string of the molecule is CNCCCOc1cccc(C)c1F. The lowest BCUT2D eigenvalue weighted by atomic mass is 10.2. The highest BCUT2D eigenvalue weighted by molar-refractivity contribution is 5.29. The van der Waals surface area contributed by atoms with Gasteiger partial charge in [0.1, 0.15) is 0 Å². The summed E-state index contributed by atoms with van der Waals surface area (Å²) in [5.74, 6) is 0.0954. The van der Waals surface area contributed by atoms with E-state index in [0.717, 1.165) is 13.0 Å². The molecule has 3 heteroatoms. The van der Waals surface area contributed by atoms with E-state index in [0.29, 0.717) is 17.9 Å². The lowest BCUT2D eigenvalue weighted by Gasteiger charge is -2.07. The van der Waals surface area contributed by atoms with E-state index < -0.39 is 0 Å². The molecule has 2 nitrogen and oxygen atoms in total. The maximum atomic E-state index is 13.4. The third kappa shape index (κ3) is 3.00. The predicted octanol–water partition coefficient (Wildman–Crippen LogP) is 2.12. The standard InChI is InChI=1S/C11H16FNO/c1-9-5-3-6-10(11(9)12)14-8-4-7-13-2/h3,5-6,13H,4,7-8H2,1-2H3. The van der Waals surface area contributed by atoms with E-state index in [1.165, 1.54) is 0 Å². The van der Waals surface area contributed by atoms with Crippen LogP contribution < -0.4 is 10.1 Å². The number of hydrogen-bond acceptors (Lipinski definition) is 2. The second kappa shape index (κ2) is 5.60. The first-order valence-corrected chi connectivity index (χ1v) is 4.78. The lowest BCUT2D eigenvalue weighted by molar-refractivity contribution is 0.294. The molecule has 0 heterocycles. The zero-order chi connectivity index (χ0) is 10.4. The Morgan fingerprint density at radius 2 is 2.21 bits per heavy atom. The van der Waals surface area contributed by atoms with E-state index in [9.17, 15) is 4.39 Å². The van der Waals surface area contributed by atoms with Crippen LogP contribution in [-0.2, 0) is 0 Å². The molecule has 0 bridgehead atoms. The molecule has 1 rings (SSSR count). The van der Waals surface area contributed by atoms with E-state index in [-0.39, 0.29) is 5.82 Å². The van der Waals surface area contributed by atoms with Gasteiger partial charge in [0.25, 0.3) is 0 Å². The van der Waals surface area contributed by atoms with Gasteiger partial charge in [0.2, 0.25) is 0 Å². The van der Waals surface area contributed by atoms with Crippen LogP contribution in [0, 0.1) is 12.7 Å². The molecule has 0 amide bonds. The molecule has 78 valence electrons. The third-order valence-electron chi connectivity index (χ3n) is 1.99. The third-order valence-corrected chi connectivity index (χ3v) is 1.99. The minimum absolute atomic E-state index is 0.253. The Balaban J connectivity index is 2.46. The molecule has 14 heavy (non-hydrogen) atoms. The Hall–Kier alpha value is -1.09. The zero-order valence-electron chi connectivity index (χ0n) is 8.64. The van der Waals surface area contributed by atoms with Crippen molar-refractivity contribution in [2.24, 2.45) is 0 Å². The largest absolute Gasteiger partial charge is 0.490 e. The van der Waals surface area contributed by atoms with Gasteiger partial charge in [0.15, 0.2) is 11.6 Å². The first-order chi connectivity index (χ1) is 6.75. The minimum Gasteiger partial charge on any atom is -0.490 e. The maximum absolute atomic E-state index is 13.4. The van der Waals surface area contributed by atoms with Crippen LogP contribution in [-0.4, -0.2) is 20.2 Å². The van der Waals surface area contributed by atoms with Crippen molar-refractivity contribution in [3.05, 3.63) is 29.6 Å². The van der Waals surface area contributed by atoms with Crippen LogP contribution in [0.4, 0.5) is 4.39 Å². The normalized spacial score (nSPS) is 10.2. The van der Waals surface area contributed by atoms with Crippen molar-refractivity contribution in [2.45, 2.75) is 13.3 Å². The van der Waals surface area contributed by atoms with E-state index in [1.807, 2.05) is 7.05 Å². The number of aryl methyl sites for hydroxylation is 1. The van der Waals surface area contributed by atoms with Gasteiger partial charge in [-0.15, -0.1) is 0 Å². The van der Waals surface area contributed by atoms with Crippen LogP contribution in [0.3, 0.4) is 0 Å². The molecule has 0 aliphatic rings. The highest BCUT2D eigenvalue weighted by Crippen LogP contribution is 2.19. The summed E-state index contributed by atoms with van der Waals surface area (Å²) in [7, 11) is 1.88. The van der Waals surface area contributed by atoms with Gasteiger partial charge >= 0.3 is 0 Å². The quantitative estimate of drug-likeness (QED) is 0.730. The highest BCUT2D eigenvalue weighted by Gasteiger charge is 2.04. The van der Waals surface area contributed by atoms with Crippen LogP contribution in [0.15, 0.2) is 18.2 Å². The molecule has 0 atom stereocenters. The van der Waals surface area contributed by atoms with Gasteiger partial charge in [-0.1, -0.05) is 12.1 Å². The zero-order valence-corrected chi connectivity index (χ0v) is 8.64. The number of nitrogens with one attached hydrogen (secondary N) is 1. The first kappa shape index (κ1) is 11.0. The van der Waals surface area contributed by atoms with E-state index in [2.05, 4.69) is 5.32 Å². The highest BCUT2D eigenvalue weighted by atomic mass is 19.1. The fraction of sp³-hybridized carbons (Fsp3) is 0.455. The average Bonchev–Trinajstić information content (AvgIpc) is 2.19. The molecule has 0 radical (unpaired) electrons. The number of halogens is 1. The van der Waals surface area contributed by atoms with E-state index in [4.69, 9.17) is 4.74 Å². The van der Waals surface area contributed by atoms with Crippen molar-refractivity contribution in [1.82, 2.24) is 5.32 Å². The molecule has 0 aliphatic carbocycles. The maximum Gasteiger partial charge on any atom is 0.167 e. The second-order valence-corrected chi connectivity index (χ2v) is 3.19. The fourth-order valence-corrected chi connectivity index (χ4v) is 1.16. The molecule has 0 aliphatic heterocycles. The topological polar surface area (TPSA) is 21.3 Å². The summed E-state index contributed by atoms with van der Waals surface area (Å²) in [6, 6.07) is 5.18. The molecule has 0 unspecified atom stereocenters. The predicted molar refractivity (Wildman–Crippen MR) is 55.2 cm³/mol. The molecular formula is C11H16FNO. The number of benzene rings is 1.